The molecule has 3 heterocycles. The minimum atomic E-state index is -0.294. The number of piperidine rings is 1. The van der Waals surface area contributed by atoms with Crippen molar-refractivity contribution in [1.29, 1.82) is 0 Å². The maximum atomic E-state index is 13.7. The lowest BCUT2D eigenvalue weighted by atomic mass is 9.83. The van der Waals surface area contributed by atoms with Gasteiger partial charge < -0.3 is 15.1 Å². The summed E-state index contributed by atoms with van der Waals surface area (Å²) in [5, 5.41) is 4.60. The number of hydrogen-bond donors (Lipinski definition) is 2. The molecule has 3 atom stereocenters. The molecule has 9 nitrogen and oxygen atoms in total. The summed E-state index contributed by atoms with van der Waals surface area (Å²) in [5.74, 6) is -0.434. The van der Waals surface area contributed by atoms with Crippen molar-refractivity contribution in [2.75, 3.05) is 57.4 Å². The van der Waals surface area contributed by atoms with Crippen molar-refractivity contribution in [3.63, 3.8) is 0 Å². The first kappa shape index (κ1) is 25.4. The van der Waals surface area contributed by atoms with E-state index in [0.717, 1.165) is 17.8 Å². The Bertz CT molecular complexity index is 1090. The molecule has 0 radical (unpaired) electrons. The van der Waals surface area contributed by atoms with Crippen molar-refractivity contribution < 1.29 is 14.4 Å². The number of likely N-dealkylation sites (tertiary alicyclic amines) is 1. The molecule has 0 spiro atoms. The minimum absolute atomic E-state index is 0.00740. The van der Waals surface area contributed by atoms with Gasteiger partial charge in [-0.15, -0.1) is 0 Å². The van der Waals surface area contributed by atoms with E-state index in [9.17, 15) is 14.4 Å². The SMILES string of the molecule is CCN1CC(C(=O)N2CCN(CC(=O)NCc3ccccc3)CC2)C2NN(c3ccccc3)C(=O)C2C1. The second kappa shape index (κ2) is 11.4. The van der Waals surface area contributed by atoms with Crippen LogP contribution >= 0.6 is 0 Å². The molecular weight excluding hydrogens is 468 g/mol. The van der Waals surface area contributed by atoms with Crippen LogP contribution < -0.4 is 15.8 Å². The molecule has 3 fully saturated rings. The average Bonchev–Trinajstić information content (AvgIpc) is 3.28. The predicted octanol–water partition coefficient (Wildman–Crippen LogP) is 0.935. The zero-order valence-corrected chi connectivity index (χ0v) is 21.4. The topological polar surface area (TPSA) is 88.2 Å². The van der Waals surface area contributed by atoms with Crippen LogP contribution in [0.5, 0.6) is 0 Å². The van der Waals surface area contributed by atoms with Crippen molar-refractivity contribution in [3.05, 3.63) is 66.2 Å². The molecule has 0 aliphatic carbocycles. The maximum absolute atomic E-state index is 13.7. The quantitative estimate of drug-likeness (QED) is 0.584. The molecule has 5 rings (SSSR count). The number of rotatable bonds is 7. The number of fused-ring (bicyclic) bond motifs is 1. The summed E-state index contributed by atoms with van der Waals surface area (Å²) in [7, 11) is 0. The molecule has 0 aromatic heterocycles. The molecule has 9 heteroatoms. The first-order chi connectivity index (χ1) is 18.0. The average molecular weight is 505 g/mol. The Balaban J connectivity index is 1.17. The standard InChI is InChI=1S/C28H36N6O3/c1-2-31-18-23(26-24(19-31)28(37)34(30-26)22-11-7-4-8-12-22)27(36)33-15-13-32(14-16-33)20-25(35)29-17-21-9-5-3-6-10-21/h3-12,23-24,26,30H,2,13-20H2,1H3,(H,29,35). The van der Waals surface area contributed by atoms with E-state index in [1.165, 1.54) is 0 Å². The van der Waals surface area contributed by atoms with E-state index in [0.29, 0.717) is 52.4 Å². The summed E-state index contributed by atoms with van der Waals surface area (Å²) in [4.78, 5) is 45.7. The molecule has 0 bridgehead atoms. The second-order valence-electron chi connectivity index (χ2n) is 10.1. The van der Waals surface area contributed by atoms with Crippen LogP contribution in [0.4, 0.5) is 5.69 Å². The van der Waals surface area contributed by atoms with Crippen LogP contribution in [-0.2, 0) is 20.9 Å². The van der Waals surface area contributed by atoms with Crippen molar-refractivity contribution in [2.45, 2.75) is 19.5 Å². The van der Waals surface area contributed by atoms with E-state index in [1.54, 1.807) is 5.01 Å². The number of piperazine rings is 1. The Hall–Kier alpha value is -3.27. The molecule has 3 saturated heterocycles. The van der Waals surface area contributed by atoms with Crippen LogP contribution in [0.25, 0.3) is 0 Å². The molecule has 0 saturated carbocycles. The van der Waals surface area contributed by atoms with Gasteiger partial charge in [-0.2, -0.15) is 0 Å². The molecule has 3 unspecified atom stereocenters. The maximum Gasteiger partial charge on any atom is 0.247 e. The Morgan fingerprint density at radius 3 is 2.27 bits per heavy atom. The second-order valence-corrected chi connectivity index (χ2v) is 10.1. The van der Waals surface area contributed by atoms with Gasteiger partial charge in [-0.3, -0.25) is 19.3 Å². The van der Waals surface area contributed by atoms with E-state index in [-0.39, 0.29) is 35.6 Å². The number of anilines is 1. The highest BCUT2D eigenvalue weighted by atomic mass is 16.2. The lowest BCUT2D eigenvalue weighted by Crippen LogP contribution is -2.60. The molecule has 3 aliphatic rings. The van der Waals surface area contributed by atoms with Crippen LogP contribution in [0.3, 0.4) is 0 Å². The number of para-hydroxylation sites is 1. The highest BCUT2D eigenvalue weighted by Gasteiger charge is 2.51. The van der Waals surface area contributed by atoms with Crippen LogP contribution in [0.1, 0.15) is 12.5 Å². The summed E-state index contributed by atoms with van der Waals surface area (Å²) in [6, 6.07) is 19.2. The van der Waals surface area contributed by atoms with Crippen LogP contribution in [0.2, 0.25) is 0 Å². The van der Waals surface area contributed by atoms with Gasteiger partial charge in [-0.25, -0.2) is 10.4 Å². The number of benzene rings is 2. The Kier molecular flexibility index (Phi) is 7.83. The van der Waals surface area contributed by atoms with Gasteiger partial charge in [0.05, 0.1) is 30.1 Å². The van der Waals surface area contributed by atoms with Gasteiger partial charge >= 0.3 is 0 Å². The van der Waals surface area contributed by atoms with E-state index < -0.39 is 0 Å². The van der Waals surface area contributed by atoms with E-state index in [2.05, 4.69) is 27.5 Å². The summed E-state index contributed by atoms with van der Waals surface area (Å²) in [6.07, 6.45) is 0. The van der Waals surface area contributed by atoms with Crippen molar-refractivity contribution in [3.8, 4) is 0 Å². The van der Waals surface area contributed by atoms with Gasteiger partial charge in [0.1, 0.15) is 0 Å². The van der Waals surface area contributed by atoms with E-state index >= 15 is 0 Å². The molecule has 2 N–H and O–H groups in total. The fourth-order valence-corrected chi connectivity index (χ4v) is 5.61. The van der Waals surface area contributed by atoms with Gasteiger partial charge in [-0.05, 0) is 24.2 Å². The number of nitrogens with one attached hydrogen (secondary N) is 2. The van der Waals surface area contributed by atoms with Gasteiger partial charge in [0, 0.05) is 45.8 Å². The number of hydrazine groups is 1. The predicted molar refractivity (Wildman–Crippen MR) is 141 cm³/mol. The third-order valence-corrected chi connectivity index (χ3v) is 7.76. The Morgan fingerprint density at radius 2 is 1.59 bits per heavy atom. The van der Waals surface area contributed by atoms with Crippen LogP contribution in [-0.4, -0.2) is 90.8 Å². The zero-order chi connectivity index (χ0) is 25.8. The fourth-order valence-electron chi connectivity index (χ4n) is 5.61. The molecule has 3 amide bonds. The van der Waals surface area contributed by atoms with E-state index in [1.807, 2.05) is 65.6 Å². The Labute approximate surface area is 218 Å². The fraction of sp³-hybridized carbons (Fsp3) is 0.464. The smallest absolute Gasteiger partial charge is 0.247 e. The van der Waals surface area contributed by atoms with Crippen LogP contribution in [0.15, 0.2) is 60.7 Å². The molecule has 196 valence electrons. The highest BCUT2D eigenvalue weighted by molar-refractivity contribution is 5.98. The summed E-state index contributed by atoms with van der Waals surface area (Å²) in [5.41, 5.74) is 5.26. The zero-order valence-electron chi connectivity index (χ0n) is 21.4. The number of carbonyl (C=O) groups excluding carboxylic acids is 3. The molecule has 2 aromatic carbocycles. The number of carbonyl (C=O) groups is 3. The van der Waals surface area contributed by atoms with Gasteiger partial charge in [0.15, 0.2) is 0 Å². The molecule has 3 aliphatic heterocycles. The van der Waals surface area contributed by atoms with E-state index in [4.69, 9.17) is 0 Å². The van der Waals surface area contributed by atoms with Gasteiger partial charge in [0.25, 0.3) is 0 Å². The minimum Gasteiger partial charge on any atom is -0.351 e. The molecule has 2 aromatic rings. The number of nitrogens with zero attached hydrogens (tertiary/aromatic N) is 4. The van der Waals surface area contributed by atoms with Crippen molar-refractivity contribution >= 4 is 23.4 Å². The first-order valence-electron chi connectivity index (χ1n) is 13.2. The van der Waals surface area contributed by atoms with Crippen LogP contribution in [0, 0.1) is 11.8 Å². The molecule has 37 heavy (non-hydrogen) atoms. The highest BCUT2D eigenvalue weighted by Crippen LogP contribution is 2.32. The third-order valence-electron chi connectivity index (χ3n) is 7.76. The third kappa shape index (κ3) is 5.69. The number of amides is 3. The molecular formula is C28H36N6O3. The Morgan fingerprint density at radius 1 is 0.919 bits per heavy atom. The monoisotopic (exact) mass is 504 g/mol. The lowest BCUT2D eigenvalue weighted by molar-refractivity contribution is -0.141. The van der Waals surface area contributed by atoms with Crippen molar-refractivity contribution in [1.82, 2.24) is 25.4 Å². The summed E-state index contributed by atoms with van der Waals surface area (Å²) in [6.45, 7) is 7.51. The summed E-state index contributed by atoms with van der Waals surface area (Å²) < 4.78 is 0. The van der Waals surface area contributed by atoms with Gasteiger partial charge in [-0.1, -0.05) is 55.5 Å². The lowest BCUT2D eigenvalue weighted by Gasteiger charge is -2.42. The summed E-state index contributed by atoms with van der Waals surface area (Å²) >= 11 is 0. The van der Waals surface area contributed by atoms with Crippen molar-refractivity contribution in [2.24, 2.45) is 11.8 Å². The first-order valence-corrected chi connectivity index (χ1v) is 13.2. The number of hydrogen-bond acceptors (Lipinski definition) is 6. The largest absolute Gasteiger partial charge is 0.351 e. The van der Waals surface area contributed by atoms with Gasteiger partial charge in [0.2, 0.25) is 17.7 Å². The normalized spacial score (nSPS) is 24.7.